The lowest BCUT2D eigenvalue weighted by Crippen LogP contribution is -2.08. The largest absolute Gasteiger partial charge is 0.364 e. The van der Waals surface area contributed by atoms with Gasteiger partial charge < -0.3 is 4.98 Å². The quantitative estimate of drug-likeness (QED) is 0.652. The van der Waals surface area contributed by atoms with Crippen molar-refractivity contribution >= 4 is 5.78 Å². The van der Waals surface area contributed by atoms with Crippen molar-refractivity contribution in [3.63, 3.8) is 0 Å². The molecule has 1 aromatic heterocycles. The number of Topliss-reactive ketones (excluding diaryl/α,β-unsaturated/α-hetero) is 1. The maximum Gasteiger partial charge on any atom is 0.164 e. The van der Waals surface area contributed by atoms with Gasteiger partial charge in [0.2, 0.25) is 0 Å². The number of hydrogen-bond donors (Lipinski definition) is 1. The van der Waals surface area contributed by atoms with E-state index >= 15 is 0 Å². The summed E-state index contributed by atoms with van der Waals surface area (Å²) in [4.78, 5) is 14.2. The SMILES string of the molecule is CCC.O=C1CCCc2[nH]ccc21. The number of carbonyl (C=O) groups is 1. The van der Waals surface area contributed by atoms with Crippen LogP contribution in [-0.2, 0) is 6.42 Å². The van der Waals surface area contributed by atoms with Crippen molar-refractivity contribution in [2.24, 2.45) is 0 Å². The highest BCUT2D eigenvalue weighted by Crippen LogP contribution is 2.18. The number of H-pyrrole nitrogens is 1. The predicted molar refractivity (Wildman–Crippen MR) is 54.0 cm³/mol. The fraction of sp³-hybridized carbons (Fsp3) is 0.545. The van der Waals surface area contributed by atoms with Gasteiger partial charge in [0.25, 0.3) is 0 Å². The molecule has 0 aliphatic heterocycles. The normalized spacial score (nSPS) is 14.5. The van der Waals surface area contributed by atoms with E-state index in [1.165, 1.54) is 6.42 Å². The third-order valence-corrected chi connectivity index (χ3v) is 1.96. The average Bonchev–Trinajstić information content (AvgIpc) is 2.54. The minimum absolute atomic E-state index is 0.294. The Morgan fingerprint density at radius 2 is 2.08 bits per heavy atom. The number of carbonyl (C=O) groups excluding carboxylic acids is 1. The van der Waals surface area contributed by atoms with Gasteiger partial charge in [-0.3, -0.25) is 4.79 Å². The fourth-order valence-electron chi connectivity index (χ4n) is 1.43. The van der Waals surface area contributed by atoms with Gasteiger partial charge in [-0.2, -0.15) is 0 Å². The molecule has 1 aliphatic carbocycles. The third-order valence-electron chi connectivity index (χ3n) is 1.96. The van der Waals surface area contributed by atoms with Crippen LogP contribution in [0.15, 0.2) is 12.3 Å². The van der Waals surface area contributed by atoms with E-state index in [0.717, 1.165) is 30.5 Å². The van der Waals surface area contributed by atoms with Crippen molar-refractivity contribution in [3.8, 4) is 0 Å². The molecule has 0 fully saturated rings. The van der Waals surface area contributed by atoms with Gasteiger partial charge in [0, 0.05) is 23.9 Å². The zero-order valence-corrected chi connectivity index (χ0v) is 8.39. The van der Waals surface area contributed by atoms with E-state index in [4.69, 9.17) is 0 Å². The summed E-state index contributed by atoms with van der Waals surface area (Å²) in [5.41, 5.74) is 2.03. The van der Waals surface area contributed by atoms with Crippen molar-refractivity contribution in [2.45, 2.75) is 39.5 Å². The number of fused-ring (bicyclic) bond motifs is 1. The van der Waals surface area contributed by atoms with Crippen molar-refractivity contribution in [1.29, 1.82) is 0 Å². The first-order valence-corrected chi connectivity index (χ1v) is 4.99. The van der Waals surface area contributed by atoms with Gasteiger partial charge in [-0.15, -0.1) is 0 Å². The summed E-state index contributed by atoms with van der Waals surface area (Å²) >= 11 is 0. The molecule has 2 heteroatoms. The molecule has 0 atom stereocenters. The van der Waals surface area contributed by atoms with Crippen molar-refractivity contribution in [2.75, 3.05) is 0 Å². The summed E-state index contributed by atoms with van der Waals surface area (Å²) in [6, 6.07) is 1.87. The maximum absolute atomic E-state index is 11.1. The Morgan fingerprint density at radius 1 is 1.38 bits per heavy atom. The number of rotatable bonds is 0. The molecule has 72 valence electrons. The van der Waals surface area contributed by atoms with Gasteiger partial charge in [0.05, 0.1) is 0 Å². The smallest absolute Gasteiger partial charge is 0.164 e. The zero-order valence-electron chi connectivity index (χ0n) is 8.39. The lowest BCUT2D eigenvalue weighted by atomic mass is 9.97. The summed E-state index contributed by atoms with van der Waals surface area (Å²) in [5, 5.41) is 0. The molecule has 1 aliphatic rings. The molecule has 0 saturated carbocycles. The molecular weight excluding hydrogens is 162 g/mol. The Labute approximate surface area is 79.4 Å². The van der Waals surface area contributed by atoms with Crippen LogP contribution in [0.3, 0.4) is 0 Å². The van der Waals surface area contributed by atoms with E-state index in [0.29, 0.717) is 5.78 Å². The van der Waals surface area contributed by atoms with Gasteiger partial charge >= 0.3 is 0 Å². The molecule has 0 saturated heterocycles. The van der Waals surface area contributed by atoms with Gasteiger partial charge in [-0.1, -0.05) is 20.3 Å². The molecule has 0 radical (unpaired) electrons. The van der Waals surface area contributed by atoms with Crippen LogP contribution in [0.25, 0.3) is 0 Å². The molecule has 0 bridgehead atoms. The van der Waals surface area contributed by atoms with Gasteiger partial charge in [0.1, 0.15) is 0 Å². The van der Waals surface area contributed by atoms with Crippen LogP contribution in [0.1, 0.15) is 49.2 Å². The topological polar surface area (TPSA) is 32.9 Å². The molecule has 0 amide bonds. The van der Waals surface area contributed by atoms with Gasteiger partial charge in [-0.25, -0.2) is 0 Å². The number of aromatic amines is 1. The van der Waals surface area contributed by atoms with Crippen LogP contribution >= 0.6 is 0 Å². The lowest BCUT2D eigenvalue weighted by molar-refractivity contribution is 0.0972. The van der Waals surface area contributed by atoms with Crippen LogP contribution in [0, 0.1) is 0 Å². The standard InChI is InChI=1S/C8H9NO.C3H8/c10-8-3-1-2-7-6(8)4-5-9-7;1-3-2/h4-5,9H,1-3H2;3H2,1-2H3. The number of aromatic nitrogens is 1. The van der Waals surface area contributed by atoms with E-state index in [1.807, 2.05) is 12.3 Å². The second-order valence-electron chi connectivity index (χ2n) is 3.35. The highest BCUT2D eigenvalue weighted by atomic mass is 16.1. The van der Waals surface area contributed by atoms with E-state index in [2.05, 4.69) is 18.8 Å². The minimum atomic E-state index is 0.294. The maximum atomic E-state index is 11.1. The lowest BCUT2D eigenvalue weighted by Gasteiger charge is -2.08. The Balaban J connectivity index is 0.000000251. The summed E-state index contributed by atoms with van der Waals surface area (Å²) in [6.45, 7) is 4.25. The molecule has 2 nitrogen and oxygen atoms in total. The summed E-state index contributed by atoms with van der Waals surface area (Å²) < 4.78 is 0. The van der Waals surface area contributed by atoms with E-state index in [-0.39, 0.29) is 0 Å². The molecule has 0 spiro atoms. The third kappa shape index (κ3) is 2.44. The minimum Gasteiger partial charge on any atom is -0.364 e. The number of ketones is 1. The van der Waals surface area contributed by atoms with Gasteiger partial charge in [0.15, 0.2) is 5.78 Å². The molecule has 0 unspecified atom stereocenters. The van der Waals surface area contributed by atoms with Crippen molar-refractivity contribution in [3.05, 3.63) is 23.5 Å². The van der Waals surface area contributed by atoms with Crippen LogP contribution in [-0.4, -0.2) is 10.8 Å². The average molecular weight is 179 g/mol. The predicted octanol–water partition coefficient (Wildman–Crippen LogP) is 2.95. The van der Waals surface area contributed by atoms with Crippen molar-refractivity contribution in [1.82, 2.24) is 4.98 Å². The second kappa shape index (κ2) is 4.85. The van der Waals surface area contributed by atoms with Crippen LogP contribution in [0.2, 0.25) is 0 Å². The number of hydrogen-bond acceptors (Lipinski definition) is 1. The first-order valence-electron chi connectivity index (χ1n) is 4.99. The molecule has 1 heterocycles. The summed E-state index contributed by atoms with van der Waals surface area (Å²) in [5.74, 6) is 0.294. The monoisotopic (exact) mass is 179 g/mol. The van der Waals surface area contributed by atoms with Crippen LogP contribution in [0.5, 0.6) is 0 Å². The second-order valence-corrected chi connectivity index (χ2v) is 3.35. The Bertz CT molecular complexity index is 275. The van der Waals surface area contributed by atoms with Crippen molar-refractivity contribution < 1.29 is 4.79 Å². The summed E-state index contributed by atoms with van der Waals surface area (Å²) in [7, 11) is 0. The number of nitrogens with one attached hydrogen (secondary N) is 1. The van der Waals surface area contributed by atoms with Gasteiger partial charge in [-0.05, 0) is 18.9 Å². The fourth-order valence-corrected chi connectivity index (χ4v) is 1.43. The zero-order chi connectivity index (χ0) is 9.68. The first kappa shape index (κ1) is 10.0. The summed E-state index contributed by atoms with van der Waals surface area (Å²) in [6.07, 6.45) is 5.86. The van der Waals surface area contributed by atoms with E-state index < -0.39 is 0 Å². The van der Waals surface area contributed by atoms with Crippen LogP contribution < -0.4 is 0 Å². The molecule has 0 aromatic carbocycles. The molecule has 1 N–H and O–H groups in total. The number of aryl methyl sites for hydroxylation is 1. The Morgan fingerprint density at radius 3 is 2.69 bits per heavy atom. The molecule has 13 heavy (non-hydrogen) atoms. The van der Waals surface area contributed by atoms with E-state index in [9.17, 15) is 4.79 Å². The molecular formula is C11H17NO. The highest BCUT2D eigenvalue weighted by molar-refractivity contribution is 5.98. The first-order chi connectivity index (χ1) is 6.29. The Hall–Kier alpha value is -1.05. The Kier molecular flexibility index (Phi) is 3.74. The van der Waals surface area contributed by atoms with E-state index in [1.54, 1.807) is 0 Å². The molecule has 2 rings (SSSR count). The molecule has 1 aromatic rings. The van der Waals surface area contributed by atoms with Crippen LogP contribution in [0.4, 0.5) is 0 Å². The highest BCUT2D eigenvalue weighted by Gasteiger charge is 2.16.